The molecule has 38 heavy (non-hydrogen) atoms. The van der Waals surface area contributed by atoms with Gasteiger partial charge in [0, 0.05) is 22.1 Å². The molecule has 0 bridgehead atoms. The van der Waals surface area contributed by atoms with E-state index in [0.717, 1.165) is 37.0 Å². The third-order valence-corrected chi connectivity index (χ3v) is 11.4. The van der Waals surface area contributed by atoms with Crippen LogP contribution in [0, 0.1) is 24.4 Å². The van der Waals surface area contributed by atoms with Crippen molar-refractivity contribution in [2.24, 2.45) is 0 Å². The molecule has 1 aliphatic heterocycles. The van der Waals surface area contributed by atoms with Crippen molar-refractivity contribution in [1.29, 1.82) is 0 Å². The van der Waals surface area contributed by atoms with Gasteiger partial charge < -0.3 is 24.9 Å². The van der Waals surface area contributed by atoms with Crippen molar-refractivity contribution >= 4 is 10.9 Å². The van der Waals surface area contributed by atoms with E-state index >= 15 is 0 Å². The van der Waals surface area contributed by atoms with E-state index < -0.39 is 69.3 Å². The molecule has 208 valence electrons. The van der Waals surface area contributed by atoms with Gasteiger partial charge in [-0.25, -0.2) is 28.7 Å². The number of hydrogen-bond donors (Lipinski definition) is 5. The molecular formula is C25H31F3N4O5S. The molecule has 9 nitrogen and oxygen atoms in total. The van der Waals surface area contributed by atoms with Gasteiger partial charge >= 0.3 is 0 Å². The van der Waals surface area contributed by atoms with Crippen molar-refractivity contribution in [3.05, 3.63) is 53.3 Å². The summed E-state index contributed by atoms with van der Waals surface area (Å²) in [6.07, 6.45) is 4.10. The van der Waals surface area contributed by atoms with Crippen LogP contribution < -0.4 is 0 Å². The molecule has 1 aliphatic carbocycles. The van der Waals surface area contributed by atoms with E-state index in [0.29, 0.717) is 18.5 Å². The van der Waals surface area contributed by atoms with E-state index in [1.807, 2.05) is 6.92 Å². The fraction of sp³-hybridized carbons (Fsp3) is 0.560. The molecule has 1 unspecified atom stereocenters. The molecule has 1 saturated heterocycles. The molecule has 6 atom stereocenters. The molecule has 0 amide bonds. The third-order valence-electron chi connectivity index (χ3n) is 7.85. The van der Waals surface area contributed by atoms with E-state index in [1.165, 1.54) is 17.1 Å². The van der Waals surface area contributed by atoms with Gasteiger partial charge in [-0.2, -0.15) is 0 Å². The van der Waals surface area contributed by atoms with Crippen molar-refractivity contribution in [2.75, 3.05) is 12.4 Å². The Morgan fingerprint density at radius 3 is 2.45 bits per heavy atom. The normalized spacial score (nSPS) is 29.3. The van der Waals surface area contributed by atoms with Crippen LogP contribution in [-0.4, -0.2) is 76.0 Å². The number of nitrogens with zero attached hydrogens (tertiary/aromatic N) is 4. The molecule has 5 rings (SSSR count). The highest BCUT2D eigenvalue weighted by molar-refractivity contribution is 8.18. The zero-order chi connectivity index (χ0) is 27.2. The molecule has 3 aromatic rings. The van der Waals surface area contributed by atoms with Gasteiger partial charge in [0.15, 0.2) is 17.5 Å². The molecular weight excluding hydrogens is 525 g/mol. The molecule has 1 saturated carbocycles. The number of aryl methyl sites for hydroxylation is 1. The van der Waals surface area contributed by atoms with Crippen LogP contribution in [0.25, 0.3) is 11.3 Å². The number of aromatic nitrogens is 4. The monoisotopic (exact) mass is 556 g/mol. The zero-order valence-corrected chi connectivity index (χ0v) is 21.6. The third kappa shape index (κ3) is 4.75. The van der Waals surface area contributed by atoms with Gasteiger partial charge in [-0.05, 0) is 31.9 Å². The average Bonchev–Trinajstić information content (AvgIpc) is 3.52. The van der Waals surface area contributed by atoms with Crippen LogP contribution in [0.2, 0.25) is 0 Å². The van der Waals surface area contributed by atoms with Crippen LogP contribution >= 0.6 is 10.9 Å². The van der Waals surface area contributed by atoms with Crippen molar-refractivity contribution in [3.63, 3.8) is 0 Å². The maximum atomic E-state index is 13.7. The molecule has 2 aromatic heterocycles. The van der Waals surface area contributed by atoms with Crippen LogP contribution in [-0.2, 0) is 0 Å². The number of hydrogen-bond acceptors (Lipinski definition) is 8. The van der Waals surface area contributed by atoms with E-state index in [2.05, 4.69) is 15.5 Å². The second kappa shape index (κ2) is 10.6. The maximum absolute atomic E-state index is 13.7. The van der Waals surface area contributed by atoms with Gasteiger partial charge in [0.25, 0.3) is 0 Å². The lowest BCUT2D eigenvalue weighted by atomic mass is 9.81. The topological polar surface area (TPSA) is 138 Å². The first-order valence-electron chi connectivity index (χ1n) is 12.6. The van der Waals surface area contributed by atoms with E-state index in [4.69, 9.17) is 4.52 Å². The predicted molar refractivity (Wildman–Crippen MR) is 133 cm³/mol. The van der Waals surface area contributed by atoms with Crippen LogP contribution in [0.1, 0.15) is 54.7 Å². The Hall–Kier alpha value is -2.45. The lowest BCUT2D eigenvalue weighted by molar-refractivity contribution is -0.00836. The van der Waals surface area contributed by atoms with E-state index in [9.17, 15) is 33.6 Å². The average molecular weight is 557 g/mol. The standard InChI is InChI=1S/C25H31F3N4O5S/c1-13-11-37-30-21(13)24(25(36)5-3-2-4-6-25)38-12-18(34)22(23(35)19(38)10-33)32-9-17(29-31-32)14-7-15(26)20(28)16(27)8-14/h7-9,11,18-19,22-24,33-36,38H,2-6,10,12H2,1H3/t18-,19+,22-,23-,24-/m0/s1. The largest absolute Gasteiger partial charge is 0.395 e. The number of thiol groups is 1. The van der Waals surface area contributed by atoms with Gasteiger partial charge in [0.2, 0.25) is 0 Å². The lowest BCUT2D eigenvalue weighted by Gasteiger charge is -2.52. The van der Waals surface area contributed by atoms with Crippen molar-refractivity contribution in [2.45, 2.75) is 73.4 Å². The summed E-state index contributed by atoms with van der Waals surface area (Å²) in [7, 11) is -1.41. The number of aliphatic hydroxyl groups is 4. The van der Waals surface area contributed by atoms with Gasteiger partial charge in [0.1, 0.15) is 23.7 Å². The molecule has 13 heteroatoms. The van der Waals surface area contributed by atoms with Crippen LogP contribution in [0.15, 0.2) is 29.1 Å². The first kappa shape index (κ1) is 27.1. The molecule has 2 fully saturated rings. The Morgan fingerprint density at radius 2 is 1.84 bits per heavy atom. The SMILES string of the molecule is Cc1conc1[C@H]([SH]1C[C@H](O)[C@H](n2cc(-c3cc(F)c(F)c(F)c3)nn2)[C@@H](O)[C@H]1CO)C1(O)CCCCC1. The summed E-state index contributed by atoms with van der Waals surface area (Å²) >= 11 is 0. The number of aliphatic hydroxyl groups excluding tert-OH is 3. The summed E-state index contributed by atoms with van der Waals surface area (Å²) in [6, 6.07) is 0.542. The molecule has 2 aliphatic rings. The number of halogens is 3. The number of rotatable bonds is 6. The summed E-state index contributed by atoms with van der Waals surface area (Å²) < 4.78 is 47.3. The molecule has 4 N–H and O–H groups in total. The van der Waals surface area contributed by atoms with Crippen LogP contribution in [0.4, 0.5) is 13.2 Å². The smallest absolute Gasteiger partial charge is 0.194 e. The summed E-state index contributed by atoms with van der Waals surface area (Å²) in [5.41, 5.74) is 0.152. The Bertz CT molecular complexity index is 1260. The fourth-order valence-electron chi connectivity index (χ4n) is 5.93. The molecule has 0 radical (unpaired) electrons. The quantitative estimate of drug-likeness (QED) is 0.231. The highest BCUT2D eigenvalue weighted by Gasteiger charge is 2.52. The highest BCUT2D eigenvalue weighted by Crippen LogP contribution is 2.60. The van der Waals surface area contributed by atoms with Gasteiger partial charge in [0.05, 0.1) is 35.9 Å². The predicted octanol–water partition coefficient (Wildman–Crippen LogP) is 2.73. The lowest BCUT2D eigenvalue weighted by Crippen LogP contribution is -2.53. The first-order valence-corrected chi connectivity index (χ1v) is 14.2. The zero-order valence-electron chi connectivity index (χ0n) is 20.7. The first-order chi connectivity index (χ1) is 18.1. The summed E-state index contributed by atoms with van der Waals surface area (Å²) in [6.45, 7) is 1.42. The van der Waals surface area contributed by atoms with Gasteiger partial charge in [-0.15, -0.1) is 5.10 Å². The minimum absolute atomic E-state index is 0.0169. The van der Waals surface area contributed by atoms with E-state index in [1.54, 1.807) is 0 Å². The van der Waals surface area contributed by atoms with Gasteiger partial charge in [-0.3, -0.25) is 0 Å². The molecule has 3 heterocycles. The Kier molecular flexibility index (Phi) is 7.57. The Labute approximate surface area is 219 Å². The van der Waals surface area contributed by atoms with Crippen molar-refractivity contribution in [1.82, 2.24) is 20.2 Å². The summed E-state index contributed by atoms with van der Waals surface area (Å²) in [5.74, 6) is -4.20. The minimum Gasteiger partial charge on any atom is -0.395 e. The van der Waals surface area contributed by atoms with Crippen LogP contribution in [0.5, 0.6) is 0 Å². The second-order valence-corrected chi connectivity index (χ2v) is 12.9. The summed E-state index contributed by atoms with van der Waals surface area (Å²) in [4.78, 5) is 0. The Balaban J connectivity index is 1.48. The number of benzene rings is 1. The molecule has 0 spiro atoms. The second-order valence-electron chi connectivity index (χ2n) is 10.3. The summed E-state index contributed by atoms with van der Waals surface area (Å²) in [5, 5.41) is 55.8. The maximum Gasteiger partial charge on any atom is 0.194 e. The van der Waals surface area contributed by atoms with E-state index in [-0.39, 0.29) is 17.0 Å². The molecule has 1 aromatic carbocycles. The van der Waals surface area contributed by atoms with Crippen molar-refractivity contribution < 1.29 is 38.1 Å². The fourth-order valence-corrected chi connectivity index (χ4v) is 9.66. The van der Waals surface area contributed by atoms with Gasteiger partial charge in [-0.1, -0.05) is 29.6 Å². The highest BCUT2D eigenvalue weighted by atomic mass is 32.2. The minimum atomic E-state index is -1.60. The Morgan fingerprint density at radius 1 is 1.16 bits per heavy atom. The van der Waals surface area contributed by atoms with Crippen molar-refractivity contribution in [3.8, 4) is 11.3 Å². The van der Waals surface area contributed by atoms with Crippen LogP contribution in [0.3, 0.4) is 0 Å².